The Morgan fingerprint density at radius 3 is 1.58 bits per heavy atom. The molecule has 0 heteroatoms. The van der Waals surface area contributed by atoms with Crippen LogP contribution in [0.4, 0.5) is 0 Å². The van der Waals surface area contributed by atoms with Crippen LogP contribution in [0, 0.1) is 5.92 Å². The molecule has 0 aromatic heterocycles. The maximum absolute atomic E-state index is 2.56. The van der Waals surface area contributed by atoms with Gasteiger partial charge in [0, 0.05) is 5.41 Å². The summed E-state index contributed by atoms with van der Waals surface area (Å²) in [5, 5.41) is 7.58. The summed E-state index contributed by atoms with van der Waals surface area (Å²) >= 11 is 0. The van der Waals surface area contributed by atoms with Crippen LogP contribution >= 0.6 is 0 Å². The lowest BCUT2D eigenvalue weighted by atomic mass is 9.82. The lowest BCUT2D eigenvalue weighted by molar-refractivity contribution is 0.821. The second kappa shape index (κ2) is 12.7. The highest BCUT2D eigenvalue weighted by atomic mass is 14.6. The molecule has 258 valence electrons. The van der Waals surface area contributed by atoms with Gasteiger partial charge < -0.3 is 0 Å². The molecule has 2 atom stereocenters. The summed E-state index contributed by atoms with van der Waals surface area (Å²) in [6, 6.07) is 71.7. The zero-order valence-electron chi connectivity index (χ0n) is 30.5. The van der Waals surface area contributed by atoms with E-state index in [-0.39, 0.29) is 5.41 Å². The fourth-order valence-electron chi connectivity index (χ4n) is 9.45. The SMILES string of the molecule is C1=CC2CC2(c2ccccc2)C=C1c1ccccc1-c1cc(-c2ccccc2)cc2ccc(-c3c4ccccc4c(-c4ccccc4)c4ccccc34)cc12. The summed E-state index contributed by atoms with van der Waals surface area (Å²) in [6.45, 7) is 0. The minimum atomic E-state index is 0.0770. The number of fused-ring (bicyclic) bond motifs is 4. The molecule has 1 fully saturated rings. The number of hydrogen-bond acceptors (Lipinski definition) is 0. The summed E-state index contributed by atoms with van der Waals surface area (Å²) in [4.78, 5) is 0. The van der Waals surface area contributed by atoms with E-state index in [0.717, 1.165) is 0 Å². The van der Waals surface area contributed by atoms with Crippen molar-refractivity contribution >= 4 is 37.9 Å². The minimum absolute atomic E-state index is 0.0770. The van der Waals surface area contributed by atoms with Crippen molar-refractivity contribution in [3.05, 3.63) is 223 Å². The van der Waals surface area contributed by atoms with E-state index in [1.165, 1.54) is 99.9 Å². The fraction of sp³-hybridized carbons (Fsp3) is 0.0545. The van der Waals surface area contributed by atoms with Gasteiger partial charge in [-0.3, -0.25) is 0 Å². The molecule has 0 saturated heterocycles. The van der Waals surface area contributed by atoms with Crippen LogP contribution in [0.3, 0.4) is 0 Å². The molecule has 1 saturated carbocycles. The summed E-state index contributed by atoms with van der Waals surface area (Å²) in [7, 11) is 0. The van der Waals surface area contributed by atoms with Crippen molar-refractivity contribution in [1.82, 2.24) is 0 Å². The zero-order valence-corrected chi connectivity index (χ0v) is 30.5. The highest BCUT2D eigenvalue weighted by molar-refractivity contribution is 6.22. The molecule has 0 spiro atoms. The Morgan fingerprint density at radius 1 is 0.382 bits per heavy atom. The van der Waals surface area contributed by atoms with E-state index in [0.29, 0.717) is 5.92 Å². The van der Waals surface area contributed by atoms with Gasteiger partial charge in [-0.25, -0.2) is 0 Å². The normalized spacial score (nSPS) is 17.3. The molecule has 0 N–H and O–H groups in total. The molecule has 0 heterocycles. The molecule has 0 bridgehead atoms. The Morgan fingerprint density at radius 2 is 0.927 bits per heavy atom. The molecule has 2 aliphatic carbocycles. The van der Waals surface area contributed by atoms with Gasteiger partial charge >= 0.3 is 0 Å². The first kappa shape index (κ1) is 31.7. The van der Waals surface area contributed by atoms with Gasteiger partial charge in [-0.2, -0.15) is 0 Å². The molecule has 0 amide bonds. The topological polar surface area (TPSA) is 0 Å². The number of hydrogen-bond donors (Lipinski definition) is 0. The average molecular weight is 699 g/mol. The van der Waals surface area contributed by atoms with Crippen molar-refractivity contribution in [3.8, 4) is 44.5 Å². The largest absolute Gasteiger partial charge is 0.0796 e. The average Bonchev–Trinajstić information content (AvgIpc) is 4.01. The van der Waals surface area contributed by atoms with Gasteiger partial charge in [0.2, 0.25) is 0 Å². The Bertz CT molecular complexity index is 2930. The minimum Gasteiger partial charge on any atom is -0.0796 e. The summed E-state index contributed by atoms with van der Waals surface area (Å²) < 4.78 is 0. The highest BCUT2D eigenvalue weighted by Crippen LogP contribution is 2.60. The Kier molecular flexibility index (Phi) is 7.32. The van der Waals surface area contributed by atoms with Gasteiger partial charge in [0.25, 0.3) is 0 Å². The molecule has 11 rings (SSSR count). The van der Waals surface area contributed by atoms with E-state index in [4.69, 9.17) is 0 Å². The van der Waals surface area contributed by atoms with E-state index in [9.17, 15) is 0 Å². The van der Waals surface area contributed by atoms with Crippen LogP contribution in [0.25, 0.3) is 82.4 Å². The van der Waals surface area contributed by atoms with Crippen LogP contribution < -0.4 is 0 Å². The Labute approximate surface area is 322 Å². The molecular formula is C55H38. The maximum Gasteiger partial charge on any atom is 0.0210 e. The van der Waals surface area contributed by atoms with Gasteiger partial charge in [0.05, 0.1) is 0 Å². The van der Waals surface area contributed by atoms with Crippen molar-refractivity contribution in [1.29, 1.82) is 0 Å². The van der Waals surface area contributed by atoms with Crippen molar-refractivity contribution in [3.63, 3.8) is 0 Å². The third-order valence-corrected chi connectivity index (χ3v) is 12.2. The molecule has 55 heavy (non-hydrogen) atoms. The molecule has 9 aromatic rings. The van der Waals surface area contributed by atoms with E-state index in [1.807, 2.05) is 0 Å². The lowest BCUT2D eigenvalue weighted by Crippen LogP contribution is -2.09. The monoisotopic (exact) mass is 698 g/mol. The standard InChI is InChI=1S/C55H38/c1-4-16-37(17-5-1)42-32-39-28-29-40(54-49-26-14-12-24-47(49)53(38-18-6-2-7-19-38)48-25-13-15-27-50(48)54)33-51(39)52(34-42)46-23-11-10-22-45(46)41-30-31-44-36-55(44,35-41)43-20-8-3-9-21-43/h1-35,44H,36H2. The number of rotatable bonds is 6. The number of allylic oxidation sites excluding steroid dienone is 4. The summed E-state index contributed by atoms with van der Waals surface area (Å²) in [5.74, 6) is 0.563. The van der Waals surface area contributed by atoms with Crippen molar-refractivity contribution in [2.45, 2.75) is 11.8 Å². The third kappa shape index (κ3) is 5.21. The highest BCUT2D eigenvalue weighted by Gasteiger charge is 2.53. The van der Waals surface area contributed by atoms with Crippen LogP contribution in [-0.2, 0) is 5.41 Å². The Balaban J connectivity index is 1.16. The fourth-order valence-corrected chi connectivity index (χ4v) is 9.45. The van der Waals surface area contributed by atoms with Gasteiger partial charge in [0.15, 0.2) is 0 Å². The summed E-state index contributed by atoms with van der Waals surface area (Å²) in [5.41, 5.74) is 14.1. The van der Waals surface area contributed by atoms with E-state index in [1.54, 1.807) is 0 Å². The van der Waals surface area contributed by atoms with E-state index < -0.39 is 0 Å². The first-order valence-electron chi connectivity index (χ1n) is 19.4. The van der Waals surface area contributed by atoms with Crippen LogP contribution in [0.15, 0.2) is 212 Å². The van der Waals surface area contributed by atoms with E-state index in [2.05, 4.69) is 212 Å². The van der Waals surface area contributed by atoms with Crippen LogP contribution in [0.5, 0.6) is 0 Å². The molecule has 0 radical (unpaired) electrons. The predicted molar refractivity (Wildman–Crippen MR) is 234 cm³/mol. The van der Waals surface area contributed by atoms with E-state index >= 15 is 0 Å². The lowest BCUT2D eigenvalue weighted by Gasteiger charge is -2.21. The first-order valence-corrected chi connectivity index (χ1v) is 19.4. The molecule has 0 aliphatic heterocycles. The predicted octanol–water partition coefficient (Wildman–Crippen LogP) is 14.7. The second-order valence-electron chi connectivity index (χ2n) is 15.3. The molecule has 0 nitrogen and oxygen atoms in total. The third-order valence-electron chi connectivity index (χ3n) is 12.2. The molecular weight excluding hydrogens is 661 g/mol. The smallest absolute Gasteiger partial charge is 0.0210 e. The molecule has 2 aliphatic rings. The van der Waals surface area contributed by atoms with Crippen molar-refractivity contribution in [2.75, 3.05) is 0 Å². The van der Waals surface area contributed by atoms with Crippen molar-refractivity contribution < 1.29 is 0 Å². The number of benzene rings is 9. The van der Waals surface area contributed by atoms with Gasteiger partial charge in [-0.05, 0) is 124 Å². The second-order valence-corrected chi connectivity index (χ2v) is 15.3. The van der Waals surface area contributed by atoms with Crippen LogP contribution in [0.1, 0.15) is 17.5 Å². The van der Waals surface area contributed by atoms with Gasteiger partial charge in [-0.1, -0.05) is 194 Å². The van der Waals surface area contributed by atoms with Crippen LogP contribution in [0.2, 0.25) is 0 Å². The molecule has 2 unspecified atom stereocenters. The van der Waals surface area contributed by atoms with Crippen molar-refractivity contribution in [2.24, 2.45) is 5.92 Å². The van der Waals surface area contributed by atoms with Crippen LogP contribution in [-0.4, -0.2) is 0 Å². The zero-order chi connectivity index (χ0) is 36.3. The molecule has 9 aromatic carbocycles. The maximum atomic E-state index is 2.56. The Hall–Kier alpha value is -6.76. The first-order chi connectivity index (χ1) is 27.2. The van der Waals surface area contributed by atoms with Gasteiger partial charge in [-0.15, -0.1) is 0 Å². The van der Waals surface area contributed by atoms with Gasteiger partial charge in [0.1, 0.15) is 0 Å². The summed E-state index contributed by atoms with van der Waals surface area (Å²) in [6.07, 6.45) is 8.55. The quantitative estimate of drug-likeness (QED) is 0.152.